The smallest absolute Gasteiger partial charge is 0.323 e. The number of methoxy groups -OCH3 is 1. The maximum absolute atomic E-state index is 12.1. The summed E-state index contributed by atoms with van der Waals surface area (Å²) < 4.78 is 5.16. The number of ether oxygens (including phenoxy) is 1. The molecule has 0 atom stereocenters. The second kappa shape index (κ2) is 8.92. The van der Waals surface area contributed by atoms with Crippen LogP contribution >= 0.6 is 11.6 Å². The number of carbonyl (C=O) groups excluding carboxylic acids is 1. The van der Waals surface area contributed by atoms with Crippen LogP contribution in [0.1, 0.15) is 11.1 Å². The Morgan fingerprint density at radius 2 is 1.52 bits per heavy atom. The molecule has 0 heterocycles. The van der Waals surface area contributed by atoms with E-state index in [0.29, 0.717) is 16.4 Å². The van der Waals surface area contributed by atoms with E-state index in [0.717, 1.165) is 16.9 Å². The Morgan fingerprint density at radius 1 is 0.852 bits per heavy atom. The number of halogens is 1. The first-order valence-corrected chi connectivity index (χ1v) is 8.76. The molecule has 0 aliphatic heterocycles. The molecule has 0 saturated carbocycles. The van der Waals surface area contributed by atoms with Crippen LogP contribution in [-0.4, -0.2) is 13.1 Å². The van der Waals surface area contributed by atoms with Gasteiger partial charge in [0.1, 0.15) is 5.75 Å². The van der Waals surface area contributed by atoms with Crippen LogP contribution in [0.2, 0.25) is 5.02 Å². The number of anilines is 2. The number of carbonyl (C=O) groups is 1. The van der Waals surface area contributed by atoms with E-state index in [1.807, 2.05) is 60.7 Å². The minimum atomic E-state index is -0.311. The van der Waals surface area contributed by atoms with Crippen molar-refractivity contribution in [3.8, 4) is 5.75 Å². The first-order valence-electron chi connectivity index (χ1n) is 8.38. The fraction of sp³-hybridized carbons (Fsp3) is 0.0455. The van der Waals surface area contributed by atoms with Gasteiger partial charge in [-0.25, -0.2) is 4.79 Å². The van der Waals surface area contributed by atoms with Gasteiger partial charge in [0.25, 0.3) is 0 Å². The van der Waals surface area contributed by atoms with Crippen LogP contribution in [0.25, 0.3) is 12.2 Å². The maximum Gasteiger partial charge on any atom is 0.323 e. The summed E-state index contributed by atoms with van der Waals surface area (Å²) in [4.78, 5) is 12.1. The second-order valence-corrected chi connectivity index (χ2v) is 6.25. The Morgan fingerprint density at radius 3 is 2.22 bits per heavy atom. The van der Waals surface area contributed by atoms with E-state index in [-0.39, 0.29) is 6.03 Å². The highest BCUT2D eigenvalue weighted by molar-refractivity contribution is 6.30. The van der Waals surface area contributed by atoms with Gasteiger partial charge in [0.2, 0.25) is 0 Å². The van der Waals surface area contributed by atoms with Crippen molar-refractivity contribution >= 4 is 41.2 Å². The van der Waals surface area contributed by atoms with Crippen LogP contribution in [0.4, 0.5) is 16.2 Å². The van der Waals surface area contributed by atoms with Crippen molar-refractivity contribution in [2.45, 2.75) is 0 Å². The molecule has 0 aliphatic carbocycles. The Bertz CT molecular complexity index is 935. The molecule has 27 heavy (non-hydrogen) atoms. The topological polar surface area (TPSA) is 50.4 Å². The molecule has 2 N–H and O–H groups in total. The van der Waals surface area contributed by atoms with Gasteiger partial charge in [-0.3, -0.25) is 0 Å². The second-order valence-electron chi connectivity index (χ2n) is 5.82. The minimum Gasteiger partial charge on any atom is -0.497 e. The average Bonchev–Trinajstić information content (AvgIpc) is 2.69. The van der Waals surface area contributed by atoms with E-state index in [2.05, 4.69) is 10.6 Å². The lowest BCUT2D eigenvalue weighted by Gasteiger charge is -2.08. The molecule has 0 fully saturated rings. The zero-order valence-corrected chi connectivity index (χ0v) is 15.5. The van der Waals surface area contributed by atoms with Gasteiger partial charge in [-0.1, -0.05) is 48.0 Å². The quantitative estimate of drug-likeness (QED) is 0.522. The van der Waals surface area contributed by atoms with Gasteiger partial charge in [-0.05, 0) is 59.7 Å². The Hall–Kier alpha value is -3.24. The van der Waals surface area contributed by atoms with Gasteiger partial charge in [-0.15, -0.1) is 0 Å². The maximum atomic E-state index is 12.1. The van der Waals surface area contributed by atoms with Crippen molar-refractivity contribution in [1.29, 1.82) is 0 Å². The third kappa shape index (κ3) is 5.62. The lowest BCUT2D eigenvalue weighted by atomic mass is 10.1. The first kappa shape index (κ1) is 18.5. The fourth-order valence-corrected chi connectivity index (χ4v) is 2.58. The van der Waals surface area contributed by atoms with Crippen LogP contribution in [0.3, 0.4) is 0 Å². The SMILES string of the molecule is COc1ccc(/C=C\c2cccc(NC(=O)Nc3ccc(Cl)cc3)c2)cc1. The molecular weight excluding hydrogens is 360 g/mol. The molecule has 0 aliphatic rings. The summed E-state index contributed by atoms with van der Waals surface area (Å²) >= 11 is 5.84. The predicted molar refractivity (Wildman–Crippen MR) is 112 cm³/mol. The third-order valence-corrected chi connectivity index (χ3v) is 4.08. The van der Waals surface area contributed by atoms with Gasteiger partial charge >= 0.3 is 6.03 Å². The van der Waals surface area contributed by atoms with Gasteiger partial charge in [0, 0.05) is 16.4 Å². The lowest BCUT2D eigenvalue weighted by Crippen LogP contribution is -2.19. The molecule has 0 aromatic heterocycles. The molecule has 0 spiro atoms. The number of rotatable bonds is 5. The summed E-state index contributed by atoms with van der Waals surface area (Å²) in [5, 5.41) is 6.21. The first-order chi connectivity index (χ1) is 13.1. The number of amides is 2. The normalized spacial score (nSPS) is 10.6. The van der Waals surface area contributed by atoms with E-state index in [1.54, 1.807) is 31.4 Å². The van der Waals surface area contributed by atoms with Gasteiger partial charge in [-0.2, -0.15) is 0 Å². The molecule has 0 saturated heterocycles. The number of benzene rings is 3. The predicted octanol–water partition coefficient (Wildman–Crippen LogP) is 6.16. The highest BCUT2D eigenvalue weighted by Crippen LogP contribution is 2.17. The average molecular weight is 379 g/mol. The van der Waals surface area contributed by atoms with Gasteiger partial charge in [0.15, 0.2) is 0 Å². The van der Waals surface area contributed by atoms with Crippen molar-refractivity contribution < 1.29 is 9.53 Å². The molecule has 4 nitrogen and oxygen atoms in total. The molecule has 0 unspecified atom stereocenters. The monoisotopic (exact) mass is 378 g/mol. The Kier molecular flexibility index (Phi) is 6.13. The molecular formula is C22H19ClN2O2. The van der Waals surface area contributed by atoms with Crippen molar-refractivity contribution in [2.75, 3.05) is 17.7 Å². The lowest BCUT2D eigenvalue weighted by molar-refractivity contribution is 0.262. The molecule has 3 aromatic carbocycles. The zero-order chi connectivity index (χ0) is 19.1. The van der Waals surface area contributed by atoms with Crippen LogP contribution in [0.5, 0.6) is 5.75 Å². The molecule has 0 radical (unpaired) electrons. The standard InChI is InChI=1S/C22H19ClN2O2/c1-27-21-13-7-16(8-14-21)5-6-17-3-2-4-20(15-17)25-22(26)24-19-11-9-18(23)10-12-19/h2-15H,1H3,(H2,24,25,26)/b6-5-. The van der Waals surface area contributed by atoms with Crippen molar-refractivity contribution in [1.82, 2.24) is 0 Å². The number of nitrogens with one attached hydrogen (secondary N) is 2. The van der Waals surface area contributed by atoms with Crippen molar-refractivity contribution in [3.05, 3.63) is 88.9 Å². The fourth-order valence-electron chi connectivity index (χ4n) is 2.45. The van der Waals surface area contributed by atoms with Crippen LogP contribution in [0, 0.1) is 0 Å². The summed E-state index contributed by atoms with van der Waals surface area (Å²) in [7, 11) is 1.65. The van der Waals surface area contributed by atoms with Crippen LogP contribution in [-0.2, 0) is 0 Å². The zero-order valence-electron chi connectivity index (χ0n) is 14.8. The van der Waals surface area contributed by atoms with Crippen LogP contribution in [0.15, 0.2) is 72.8 Å². The number of hydrogen-bond acceptors (Lipinski definition) is 2. The number of urea groups is 1. The highest BCUT2D eigenvalue weighted by atomic mass is 35.5. The van der Waals surface area contributed by atoms with Crippen LogP contribution < -0.4 is 15.4 Å². The highest BCUT2D eigenvalue weighted by Gasteiger charge is 2.03. The van der Waals surface area contributed by atoms with Crippen molar-refractivity contribution in [2.24, 2.45) is 0 Å². The van der Waals surface area contributed by atoms with E-state index in [4.69, 9.17) is 16.3 Å². The number of hydrogen-bond donors (Lipinski definition) is 2. The van der Waals surface area contributed by atoms with Crippen molar-refractivity contribution in [3.63, 3.8) is 0 Å². The van der Waals surface area contributed by atoms with E-state index < -0.39 is 0 Å². The Balaban J connectivity index is 1.63. The van der Waals surface area contributed by atoms with Gasteiger partial charge < -0.3 is 15.4 Å². The summed E-state index contributed by atoms with van der Waals surface area (Å²) in [6.07, 6.45) is 4.00. The molecule has 3 rings (SSSR count). The molecule has 136 valence electrons. The molecule has 2 amide bonds. The summed E-state index contributed by atoms with van der Waals surface area (Å²) in [6, 6.07) is 22.0. The van der Waals surface area contributed by atoms with E-state index in [1.165, 1.54) is 0 Å². The minimum absolute atomic E-state index is 0.311. The summed E-state index contributed by atoms with van der Waals surface area (Å²) in [5.74, 6) is 0.824. The van der Waals surface area contributed by atoms with E-state index >= 15 is 0 Å². The largest absolute Gasteiger partial charge is 0.497 e. The molecule has 3 aromatic rings. The van der Waals surface area contributed by atoms with E-state index in [9.17, 15) is 4.79 Å². The molecule has 5 heteroatoms. The summed E-state index contributed by atoms with van der Waals surface area (Å²) in [5.41, 5.74) is 3.43. The van der Waals surface area contributed by atoms with Gasteiger partial charge in [0.05, 0.1) is 7.11 Å². The summed E-state index contributed by atoms with van der Waals surface area (Å²) in [6.45, 7) is 0. The third-order valence-electron chi connectivity index (χ3n) is 3.83. The molecule has 0 bridgehead atoms. The Labute approximate surface area is 163 Å².